The highest BCUT2D eigenvalue weighted by Gasteiger charge is 2.33. The third-order valence-electron chi connectivity index (χ3n) is 7.92. The van der Waals surface area contributed by atoms with E-state index in [0.29, 0.717) is 54.4 Å². The molecule has 4 aromatic rings. The van der Waals surface area contributed by atoms with Crippen LogP contribution < -0.4 is 18.9 Å². The fourth-order valence-corrected chi connectivity index (χ4v) is 5.60. The number of hydrogen-bond donors (Lipinski definition) is 2. The summed E-state index contributed by atoms with van der Waals surface area (Å²) in [6, 6.07) is 26.8. The van der Waals surface area contributed by atoms with Gasteiger partial charge < -0.3 is 29.2 Å². The van der Waals surface area contributed by atoms with Crippen LogP contribution in [-0.2, 0) is 13.2 Å². The molecular weight excluding hydrogens is 556 g/mol. The number of aromatic hydroxyl groups is 1. The largest absolute Gasteiger partial charge is 0.507 e. The average molecular weight is 595 g/mol. The van der Waals surface area contributed by atoms with Gasteiger partial charge in [-0.3, -0.25) is 4.79 Å². The third kappa shape index (κ3) is 7.24. The van der Waals surface area contributed by atoms with Crippen LogP contribution in [-0.4, -0.2) is 36.3 Å². The summed E-state index contributed by atoms with van der Waals surface area (Å²) in [6.07, 6.45) is 5.57. The Hall–Kier alpha value is -4.75. The Morgan fingerprint density at radius 3 is 2.00 bits per heavy atom. The number of rotatable bonds is 12. The number of aliphatic hydroxyl groups excluding tert-OH is 1. The van der Waals surface area contributed by atoms with E-state index in [0.717, 1.165) is 24.0 Å². The van der Waals surface area contributed by atoms with Gasteiger partial charge in [-0.15, -0.1) is 0 Å². The van der Waals surface area contributed by atoms with Gasteiger partial charge in [0.15, 0.2) is 17.3 Å². The van der Waals surface area contributed by atoms with Gasteiger partial charge in [0.2, 0.25) is 0 Å². The lowest BCUT2D eigenvalue weighted by Crippen LogP contribution is -2.23. The number of allylic oxidation sites excluding steroid dienone is 1. The van der Waals surface area contributed by atoms with E-state index < -0.39 is 11.9 Å². The Kier molecular flexibility index (Phi) is 10.2. The molecule has 7 heteroatoms. The number of aliphatic hydroxyl groups is 1. The van der Waals surface area contributed by atoms with Crippen molar-refractivity contribution in [1.29, 1.82) is 0 Å². The highest BCUT2D eigenvalue weighted by molar-refractivity contribution is 6.11. The van der Waals surface area contributed by atoms with Crippen LogP contribution >= 0.6 is 0 Å². The molecule has 0 radical (unpaired) electrons. The predicted molar refractivity (Wildman–Crippen MR) is 170 cm³/mol. The summed E-state index contributed by atoms with van der Waals surface area (Å²) in [5, 5.41) is 22.1. The summed E-state index contributed by atoms with van der Waals surface area (Å²) in [6.45, 7) is 0.728. The molecule has 2 N–H and O–H groups in total. The van der Waals surface area contributed by atoms with Crippen LogP contribution in [0.2, 0.25) is 0 Å². The molecule has 228 valence electrons. The lowest BCUT2D eigenvalue weighted by Gasteiger charge is -2.30. The Balaban J connectivity index is 1.42. The van der Waals surface area contributed by atoms with Crippen molar-refractivity contribution in [3.63, 3.8) is 0 Å². The van der Waals surface area contributed by atoms with Crippen molar-refractivity contribution < 1.29 is 34.0 Å². The van der Waals surface area contributed by atoms with Crippen LogP contribution in [0, 0.1) is 0 Å². The Morgan fingerprint density at radius 1 is 0.773 bits per heavy atom. The number of methoxy groups -OCH3 is 2. The van der Waals surface area contributed by atoms with E-state index in [9.17, 15) is 15.0 Å². The third-order valence-corrected chi connectivity index (χ3v) is 7.92. The number of benzene rings is 4. The van der Waals surface area contributed by atoms with Gasteiger partial charge in [-0.1, -0.05) is 85.6 Å². The van der Waals surface area contributed by atoms with Crippen molar-refractivity contribution in [3.05, 3.63) is 119 Å². The first-order chi connectivity index (χ1) is 21.5. The number of ether oxygens (including phenoxy) is 4. The van der Waals surface area contributed by atoms with Gasteiger partial charge in [0.05, 0.1) is 20.3 Å². The van der Waals surface area contributed by atoms with Gasteiger partial charge in [-0.25, -0.2) is 0 Å². The quantitative estimate of drug-likeness (QED) is 0.130. The number of carbonyl (C=O) groups excluding carboxylic acids is 1. The molecule has 1 aliphatic rings. The highest BCUT2D eigenvalue weighted by atomic mass is 16.5. The van der Waals surface area contributed by atoms with Gasteiger partial charge >= 0.3 is 0 Å². The number of ketones is 1. The monoisotopic (exact) mass is 594 g/mol. The maximum absolute atomic E-state index is 13.6. The maximum Gasteiger partial charge on any atom is 0.193 e. The van der Waals surface area contributed by atoms with E-state index >= 15 is 0 Å². The first-order valence-electron chi connectivity index (χ1n) is 14.8. The van der Waals surface area contributed by atoms with Crippen molar-refractivity contribution in [2.75, 3.05) is 14.2 Å². The fraction of sp³-hybridized carbons (Fsp3) is 0.270. The van der Waals surface area contributed by atoms with E-state index in [-0.39, 0.29) is 23.0 Å². The highest BCUT2D eigenvalue weighted by Crippen LogP contribution is 2.47. The van der Waals surface area contributed by atoms with E-state index in [1.807, 2.05) is 78.9 Å². The van der Waals surface area contributed by atoms with Crippen molar-refractivity contribution >= 4 is 11.9 Å². The molecule has 0 saturated heterocycles. The second kappa shape index (κ2) is 14.6. The molecule has 1 aliphatic carbocycles. The van der Waals surface area contributed by atoms with E-state index in [4.69, 9.17) is 18.9 Å². The van der Waals surface area contributed by atoms with E-state index in [2.05, 4.69) is 0 Å². The zero-order valence-corrected chi connectivity index (χ0v) is 25.1. The molecule has 2 atom stereocenters. The molecular formula is C37H38O7. The molecule has 7 nitrogen and oxygen atoms in total. The smallest absolute Gasteiger partial charge is 0.193 e. The zero-order valence-electron chi connectivity index (χ0n) is 25.1. The zero-order chi connectivity index (χ0) is 30.9. The molecule has 1 fully saturated rings. The SMILES string of the molecule is COc1cc(OC)c([C@@H]2CCCC[C@H]2O)c(O)c1C(=O)/C=C\c1ccc(OCc2ccccc2)c(OCc2ccccc2)c1. The molecule has 4 aromatic carbocycles. The summed E-state index contributed by atoms with van der Waals surface area (Å²) in [7, 11) is 2.94. The summed E-state index contributed by atoms with van der Waals surface area (Å²) in [4.78, 5) is 13.6. The fourth-order valence-electron chi connectivity index (χ4n) is 5.60. The predicted octanol–water partition coefficient (Wildman–Crippen LogP) is 7.48. The van der Waals surface area contributed by atoms with Crippen LogP contribution in [0.4, 0.5) is 0 Å². The number of carbonyl (C=O) groups is 1. The van der Waals surface area contributed by atoms with Crippen LogP contribution in [0.15, 0.2) is 91.0 Å². The maximum atomic E-state index is 13.6. The summed E-state index contributed by atoms with van der Waals surface area (Å²) in [5.74, 6) is 0.698. The second-order valence-electron chi connectivity index (χ2n) is 10.8. The van der Waals surface area contributed by atoms with Gasteiger partial charge in [0.25, 0.3) is 0 Å². The summed E-state index contributed by atoms with van der Waals surface area (Å²) in [5.41, 5.74) is 3.22. The Bertz CT molecular complexity index is 1580. The van der Waals surface area contributed by atoms with E-state index in [1.54, 1.807) is 12.1 Å². The van der Waals surface area contributed by atoms with Crippen LogP contribution in [0.5, 0.6) is 28.7 Å². The molecule has 0 bridgehead atoms. The molecule has 0 aromatic heterocycles. The minimum atomic E-state index is -0.632. The molecule has 0 spiro atoms. The minimum absolute atomic E-state index is 0.0284. The lowest BCUT2D eigenvalue weighted by atomic mass is 9.80. The van der Waals surface area contributed by atoms with Gasteiger partial charge in [-0.2, -0.15) is 0 Å². The first-order valence-corrected chi connectivity index (χ1v) is 14.8. The standard InChI is InChI=1S/C37H38O7/c1-41-33-22-34(42-2)36(37(40)35(33)28-15-9-10-16-29(28)38)30(39)19-17-25-18-20-31(43-23-26-11-5-3-6-12-26)32(21-25)44-24-27-13-7-4-8-14-27/h3-8,11-14,17-22,28-29,38,40H,9-10,15-16,23-24H2,1-2H3/b19-17-/t28-,29-/m1/s1. The van der Waals surface area contributed by atoms with Crippen LogP contribution in [0.25, 0.3) is 6.08 Å². The molecule has 0 unspecified atom stereocenters. The van der Waals surface area contributed by atoms with E-state index in [1.165, 1.54) is 20.3 Å². The summed E-state index contributed by atoms with van der Waals surface area (Å²) >= 11 is 0. The van der Waals surface area contributed by atoms with Gasteiger partial charge in [0.1, 0.15) is 36.0 Å². The lowest BCUT2D eigenvalue weighted by molar-refractivity contribution is 0.101. The van der Waals surface area contributed by atoms with Crippen molar-refractivity contribution in [3.8, 4) is 28.7 Å². The first kappa shape index (κ1) is 30.7. The molecule has 1 saturated carbocycles. The normalized spacial score (nSPS) is 16.4. The van der Waals surface area contributed by atoms with Crippen LogP contribution in [0.3, 0.4) is 0 Å². The summed E-state index contributed by atoms with van der Waals surface area (Å²) < 4.78 is 23.3. The number of hydrogen-bond acceptors (Lipinski definition) is 7. The molecule has 0 aliphatic heterocycles. The minimum Gasteiger partial charge on any atom is -0.507 e. The van der Waals surface area contributed by atoms with Crippen LogP contribution in [0.1, 0.15) is 64.2 Å². The van der Waals surface area contributed by atoms with Crippen molar-refractivity contribution in [2.24, 2.45) is 0 Å². The average Bonchev–Trinajstić information content (AvgIpc) is 3.06. The number of phenols is 1. The Morgan fingerprint density at radius 2 is 1.39 bits per heavy atom. The molecule has 44 heavy (non-hydrogen) atoms. The van der Waals surface area contributed by atoms with Crippen molar-refractivity contribution in [1.82, 2.24) is 0 Å². The van der Waals surface area contributed by atoms with Crippen molar-refractivity contribution in [2.45, 2.75) is 50.9 Å². The second-order valence-corrected chi connectivity index (χ2v) is 10.8. The molecule has 0 amide bonds. The topological polar surface area (TPSA) is 94.5 Å². The number of phenolic OH excluding ortho intramolecular Hbond substituents is 1. The molecule has 0 heterocycles. The Labute approximate surface area is 258 Å². The van der Waals surface area contributed by atoms with Gasteiger partial charge in [-0.05, 0) is 47.7 Å². The molecule has 5 rings (SSSR count). The van der Waals surface area contributed by atoms with Gasteiger partial charge in [0, 0.05) is 17.5 Å².